The Morgan fingerprint density at radius 1 is 1.08 bits per heavy atom. The number of nitrogens with one attached hydrogen (secondary N) is 1. The van der Waals surface area contributed by atoms with Crippen LogP contribution in [-0.2, 0) is 6.42 Å². The van der Waals surface area contributed by atoms with Crippen LogP contribution in [0.25, 0.3) is 0 Å². The summed E-state index contributed by atoms with van der Waals surface area (Å²) in [6.45, 7) is 3.99. The van der Waals surface area contributed by atoms with Gasteiger partial charge in [0.25, 0.3) is 5.91 Å². The molecule has 1 heterocycles. The summed E-state index contributed by atoms with van der Waals surface area (Å²) in [7, 11) is 0. The maximum Gasteiger partial charge on any atom is 0.252 e. The van der Waals surface area contributed by atoms with Gasteiger partial charge in [0, 0.05) is 10.4 Å². The lowest BCUT2D eigenvalue weighted by molar-refractivity contribution is 0.0939. The van der Waals surface area contributed by atoms with Crippen molar-refractivity contribution in [1.29, 1.82) is 0 Å². The van der Waals surface area contributed by atoms with Crippen LogP contribution in [0.2, 0.25) is 0 Å². The lowest BCUT2D eigenvalue weighted by Crippen LogP contribution is -2.27. The van der Waals surface area contributed by atoms with Gasteiger partial charge in [-0.3, -0.25) is 9.59 Å². The average Bonchev–Trinajstić information content (AvgIpc) is 3.13. The molecule has 1 unspecified atom stereocenters. The number of aryl methyl sites for hydroxylation is 1. The third-order valence-corrected chi connectivity index (χ3v) is 5.51. The van der Waals surface area contributed by atoms with E-state index < -0.39 is 0 Å². The van der Waals surface area contributed by atoms with Crippen molar-refractivity contribution in [2.24, 2.45) is 0 Å². The summed E-state index contributed by atoms with van der Waals surface area (Å²) < 4.78 is 0. The number of aldehydes is 1. The van der Waals surface area contributed by atoms with Crippen LogP contribution in [-0.4, -0.2) is 12.2 Å². The van der Waals surface area contributed by atoms with Crippen LogP contribution in [0, 0.1) is 6.92 Å². The molecule has 0 aliphatic rings. The van der Waals surface area contributed by atoms with Gasteiger partial charge in [0.1, 0.15) is 0 Å². The molecule has 3 rings (SSSR count). The average molecular weight is 363 g/mol. The molecular weight excluding hydrogens is 342 g/mol. The highest BCUT2D eigenvalue weighted by Gasteiger charge is 2.16. The fraction of sp³-hybridized carbons (Fsp3) is 0.182. The second-order valence-electron chi connectivity index (χ2n) is 6.37. The zero-order chi connectivity index (χ0) is 18.5. The summed E-state index contributed by atoms with van der Waals surface area (Å²) in [6, 6.07) is 19.6. The molecule has 1 N–H and O–H groups in total. The number of thiophene rings is 1. The van der Waals surface area contributed by atoms with Crippen LogP contribution >= 0.6 is 11.3 Å². The summed E-state index contributed by atoms with van der Waals surface area (Å²) in [6.07, 6.45) is 1.55. The first-order valence-corrected chi connectivity index (χ1v) is 9.37. The second kappa shape index (κ2) is 8.11. The van der Waals surface area contributed by atoms with E-state index in [9.17, 15) is 9.59 Å². The first-order valence-electron chi connectivity index (χ1n) is 8.56. The van der Waals surface area contributed by atoms with E-state index in [0.29, 0.717) is 16.9 Å². The molecule has 132 valence electrons. The van der Waals surface area contributed by atoms with Gasteiger partial charge in [-0.25, -0.2) is 0 Å². The highest BCUT2D eigenvalue weighted by Crippen LogP contribution is 2.23. The Morgan fingerprint density at radius 2 is 1.81 bits per heavy atom. The Morgan fingerprint density at radius 3 is 2.50 bits per heavy atom. The van der Waals surface area contributed by atoms with Gasteiger partial charge in [0.15, 0.2) is 6.29 Å². The topological polar surface area (TPSA) is 46.2 Å². The predicted octanol–water partition coefficient (Wildman–Crippen LogP) is 4.95. The molecule has 26 heavy (non-hydrogen) atoms. The Hall–Kier alpha value is -2.72. The first-order chi connectivity index (χ1) is 12.6. The van der Waals surface area contributed by atoms with Crippen LogP contribution in [0.5, 0.6) is 0 Å². The molecule has 1 amide bonds. The molecule has 2 aromatic carbocycles. The molecule has 1 atom stereocenters. The molecule has 0 radical (unpaired) electrons. The van der Waals surface area contributed by atoms with Gasteiger partial charge in [-0.05, 0) is 49.6 Å². The van der Waals surface area contributed by atoms with E-state index in [0.717, 1.165) is 16.7 Å². The second-order valence-corrected chi connectivity index (χ2v) is 7.52. The third-order valence-electron chi connectivity index (χ3n) is 4.32. The number of carbonyl (C=O) groups excluding carboxylic acids is 2. The van der Waals surface area contributed by atoms with Crippen molar-refractivity contribution >= 4 is 23.5 Å². The Balaban J connectivity index is 1.76. The minimum absolute atomic E-state index is 0.0961. The Bertz CT molecular complexity index is 912. The van der Waals surface area contributed by atoms with Crippen molar-refractivity contribution in [3.8, 4) is 0 Å². The summed E-state index contributed by atoms with van der Waals surface area (Å²) in [5.74, 6) is -0.0961. The number of benzene rings is 2. The first kappa shape index (κ1) is 18.1. The largest absolute Gasteiger partial charge is 0.345 e. The maximum absolute atomic E-state index is 12.8. The monoisotopic (exact) mass is 363 g/mol. The van der Waals surface area contributed by atoms with Gasteiger partial charge in [-0.1, -0.05) is 48.0 Å². The zero-order valence-corrected chi connectivity index (χ0v) is 15.7. The highest BCUT2D eigenvalue weighted by molar-refractivity contribution is 7.13. The third kappa shape index (κ3) is 4.27. The van der Waals surface area contributed by atoms with Crippen LogP contribution in [0.3, 0.4) is 0 Å². The summed E-state index contributed by atoms with van der Waals surface area (Å²) in [5.41, 5.74) is 4.09. The van der Waals surface area contributed by atoms with Gasteiger partial charge < -0.3 is 5.32 Å². The van der Waals surface area contributed by atoms with Crippen molar-refractivity contribution in [2.45, 2.75) is 26.3 Å². The van der Waals surface area contributed by atoms with E-state index in [1.54, 1.807) is 6.07 Å². The molecule has 4 heteroatoms. The molecule has 3 aromatic rings. The van der Waals surface area contributed by atoms with E-state index in [1.807, 2.05) is 37.3 Å². The minimum Gasteiger partial charge on any atom is -0.345 e. The Kier molecular flexibility index (Phi) is 5.64. The van der Waals surface area contributed by atoms with E-state index in [1.165, 1.54) is 22.5 Å². The molecule has 0 aliphatic carbocycles. The lowest BCUT2D eigenvalue weighted by Gasteiger charge is -2.15. The standard InChI is InChI=1S/C22H21NO2S/c1-15-7-9-17(10-8-15)13-18-5-3-4-6-20(18)22(25)23-16(2)21-12-11-19(14-24)26-21/h3-12,14,16H,13H2,1-2H3,(H,23,25). The van der Waals surface area contributed by atoms with Crippen LogP contribution < -0.4 is 5.32 Å². The van der Waals surface area contributed by atoms with Crippen molar-refractivity contribution in [3.63, 3.8) is 0 Å². The zero-order valence-electron chi connectivity index (χ0n) is 14.9. The maximum atomic E-state index is 12.8. The molecule has 0 saturated carbocycles. The van der Waals surface area contributed by atoms with Gasteiger partial charge in [-0.2, -0.15) is 0 Å². The molecule has 3 nitrogen and oxygen atoms in total. The Labute approximate surface area is 157 Å². The lowest BCUT2D eigenvalue weighted by atomic mass is 9.98. The molecule has 0 bridgehead atoms. The summed E-state index contributed by atoms with van der Waals surface area (Å²) in [4.78, 5) is 25.3. The molecule has 0 fully saturated rings. The van der Waals surface area contributed by atoms with E-state index >= 15 is 0 Å². The number of carbonyl (C=O) groups is 2. The molecule has 0 saturated heterocycles. The van der Waals surface area contributed by atoms with Gasteiger partial charge in [-0.15, -0.1) is 11.3 Å². The molecule has 0 spiro atoms. The van der Waals surface area contributed by atoms with E-state index in [-0.39, 0.29) is 11.9 Å². The smallest absolute Gasteiger partial charge is 0.252 e. The van der Waals surface area contributed by atoms with Gasteiger partial charge in [0.05, 0.1) is 10.9 Å². The predicted molar refractivity (Wildman–Crippen MR) is 106 cm³/mol. The van der Waals surface area contributed by atoms with E-state index in [4.69, 9.17) is 0 Å². The number of rotatable bonds is 6. The van der Waals surface area contributed by atoms with Crippen LogP contribution in [0.15, 0.2) is 60.7 Å². The van der Waals surface area contributed by atoms with Crippen LogP contribution in [0.1, 0.15) is 54.6 Å². The minimum atomic E-state index is -0.145. The number of amides is 1. The fourth-order valence-electron chi connectivity index (χ4n) is 2.83. The fourth-order valence-corrected chi connectivity index (χ4v) is 3.66. The normalized spacial score (nSPS) is 11.8. The van der Waals surface area contributed by atoms with Gasteiger partial charge >= 0.3 is 0 Å². The SMILES string of the molecule is Cc1ccc(Cc2ccccc2C(=O)NC(C)c2ccc(C=O)s2)cc1. The number of hydrogen-bond acceptors (Lipinski definition) is 3. The van der Waals surface area contributed by atoms with Crippen molar-refractivity contribution < 1.29 is 9.59 Å². The highest BCUT2D eigenvalue weighted by atomic mass is 32.1. The molecule has 1 aromatic heterocycles. The summed E-state index contributed by atoms with van der Waals surface area (Å²) in [5, 5.41) is 3.04. The van der Waals surface area contributed by atoms with Crippen molar-refractivity contribution in [3.05, 3.63) is 92.7 Å². The van der Waals surface area contributed by atoms with Crippen molar-refractivity contribution in [2.75, 3.05) is 0 Å². The molecule has 0 aliphatic heterocycles. The summed E-state index contributed by atoms with van der Waals surface area (Å²) >= 11 is 1.40. The number of hydrogen-bond donors (Lipinski definition) is 1. The molecular formula is C22H21NO2S. The quantitative estimate of drug-likeness (QED) is 0.630. The van der Waals surface area contributed by atoms with Gasteiger partial charge in [0.2, 0.25) is 0 Å². The van der Waals surface area contributed by atoms with Crippen molar-refractivity contribution in [1.82, 2.24) is 5.32 Å². The van der Waals surface area contributed by atoms with Crippen LogP contribution in [0.4, 0.5) is 0 Å². The van der Waals surface area contributed by atoms with E-state index in [2.05, 4.69) is 36.5 Å².